The van der Waals surface area contributed by atoms with Gasteiger partial charge in [0.2, 0.25) is 0 Å². The third kappa shape index (κ3) is 1.96. The van der Waals surface area contributed by atoms with Crippen LogP contribution in [0.25, 0.3) is 0 Å². The molecular formula is C10H13N3O3. The quantitative estimate of drug-likeness (QED) is 0.592. The minimum absolute atomic E-state index is 0.0133. The van der Waals surface area contributed by atoms with Gasteiger partial charge in [0.1, 0.15) is 12.0 Å². The first-order valence-electron chi connectivity index (χ1n) is 5.06. The van der Waals surface area contributed by atoms with Gasteiger partial charge in [0.05, 0.1) is 17.1 Å². The molecule has 1 heterocycles. The van der Waals surface area contributed by atoms with E-state index >= 15 is 0 Å². The number of aromatic nitrogens is 1. The monoisotopic (exact) mass is 223 g/mol. The van der Waals surface area contributed by atoms with Crippen LogP contribution in [0.2, 0.25) is 0 Å². The number of anilines is 1. The number of aliphatic hydroxyl groups is 1. The Hall–Kier alpha value is -1.69. The lowest BCUT2D eigenvalue weighted by atomic mass is 10.2. The van der Waals surface area contributed by atoms with Gasteiger partial charge in [-0.05, 0) is 25.8 Å². The molecule has 2 N–H and O–H groups in total. The van der Waals surface area contributed by atoms with Crippen LogP contribution in [-0.2, 0) is 0 Å². The van der Waals surface area contributed by atoms with E-state index in [1.165, 1.54) is 6.20 Å². The molecule has 1 aromatic heterocycles. The van der Waals surface area contributed by atoms with Crippen LogP contribution in [0.1, 0.15) is 18.4 Å². The normalized spacial score (nSPS) is 16.9. The summed E-state index contributed by atoms with van der Waals surface area (Å²) in [6, 6.07) is 1.63. The van der Waals surface area contributed by atoms with Crippen LogP contribution in [0.15, 0.2) is 12.3 Å². The molecule has 1 fully saturated rings. The first-order valence-corrected chi connectivity index (χ1v) is 5.06. The summed E-state index contributed by atoms with van der Waals surface area (Å²) in [5.41, 5.74) is 0.325. The maximum Gasteiger partial charge on any atom is 0.290 e. The predicted octanol–water partition coefficient (Wildman–Crippen LogP) is 1.24. The van der Waals surface area contributed by atoms with Crippen molar-refractivity contribution in [2.24, 2.45) is 0 Å². The van der Waals surface area contributed by atoms with Gasteiger partial charge in [-0.3, -0.25) is 10.1 Å². The Kier molecular flexibility index (Phi) is 2.51. The molecule has 0 spiro atoms. The molecule has 0 atom stereocenters. The first-order chi connectivity index (χ1) is 7.56. The molecule has 0 bridgehead atoms. The number of pyridine rings is 1. The number of nitrogens with zero attached hydrogens (tertiary/aromatic N) is 2. The zero-order valence-electron chi connectivity index (χ0n) is 8.93. The van der Waals surface area contributed by atoms with Crippen molar-refractivity contribution < 1.29 is 10.0 Å². The van der Waals surface area contributed by atoms with Crippen LogP contribution in [0, 0.1) is 17.0 Å². The molecule has 6 heteroatoms. The summed E-state index contributed by atoms with van der Waals surface area (Å²) in [7, 11) is 0. The second-order valence-electron chi connectivity index (χ2n) is 4.18. The smallest absolute Gasteiger partial charge is 0.290 e. The summed E-state index contributed by atoms with van der Waals surface area (Å²) in [5.74, 6) is 0.578. The lowest BCUT2D eigenvalue weighted by Crippen LogP contribution is -2.26. The van der Waals surface area contributed by atoms with E-state index < -0.39 is 4.92 Å². The molecule has 6 nitrogen and oxygen atoms in total. The van der Waals surface area contributed by atoms with Crippen molar-refractivity contribution >= 4 is 11.5 Å². The fraction of sp³-hybridized carbons (Fsp3) is 0.500. The van der Waals surface area contributed by atoms with Crippen molar-refractivity contribution in [1.29, 1.82) is 0 Å². The number of hydrogen-bond donors (Lipinski definition) is 2. The Morgan fingerprint density at radius 3 is 2.81 bits per heavy atom. The van der Waals surface area contributed by atoms with Crippen LogP contribution in [0.3, 0.4) is 0 Å². The molecule has 1 aromatic rings. The highest BCUT2D eigenvalue weighted by Crippen LogP contribution is 2.38. The van der Waals surface area contributed by atoms with Gasteiger partial charge < -0.3 is 10.4 Å². The summed E-state index contributed by atoms with van der Waals surface area (Å²) in [6.07, 6.45) is 3.05. The molecule has 1 aliphatic rings. The SMILES string of the molecule is Cc1cc(NC2(CO)CC2)ncc1[N+](=O)[O-]. The lowest BCUT2D eigenvalue weighted by molar-refractivity contribution is -0.385. The van der Waals surface area contributed by atoms with E-state index in [2.05, 4.69) is 10.3 Å². The van der Waals surface area contributed by atoms with Crippen LogP contribution >= 0.6 is 0 Å². The number of nitrogens with one attached hydrogen (secondary N) is 1. The second kappa shape index (κ2) is 3.71. The number of hydrogen-bond acceptors (Lipinski definition) is 5. The van der Waals surface area contributed by atoms with Crippen LogP contribution in [-0.4, -0.2) is 27.2 Å². The lowest BCUT2D eigenvalue weighted by Gasteiger charge is -2.14. The van der Waals surface area contributed by atoms with Gasteiger partial charge in [-0.15, -0.1) is 0 Å². The molecule has 1 aliphatic carbocycles. The topological polar surface area (TPSA) is 88.3 Å². The highest BCUT2D eigenvalue weighted by molar-refractivity contribution is 5.49. The number of aryl methyl sites for hydroxylation is 1. The number of rotatable bonds is 4. The van der Waals surface area contributed by atoms with E-state index in [1.807, 2.05) is 0 Å². The van der Waals surface area contributed by atoms with Crippen molar-refractivity contribution in [2.75, 3.05) is 11.9 Å². The van der Waals surface area contributed by atoms with Gasteiger partial charge in [0, 0.05) is 5.56 Å². The molecule has 0 radical (unpaired) electrons. The summed E-state index contributed by atoms with van der Waals surface area (Å²) < 4.78 is 0. The first kappa shape index (κ1) is 10.8. The minimum atomic E-state index is -0.453. The van der Waals surface area contributed by atoms with Gasteiger partial charge >= 0.3 is 0 Å². The summed E-state index contributed by atoms with van der Waals surface area (Å²) in [6.45, 7) is 1.73. The van der Waals surface area contributed by atoms with Crippen molar-refractivity contribution in [3.8, 4) is 0 Å². The molecule has 1 saturated carbocycles. The number of nitro groups is 1. The third-order valence-electron chi connectivity index (χ3n) is 2.83. The molecule has 16 heavy (non-hydrogen) atoms. The highest BCUT2D eigenvalue weighted by Gasteiger charge is 2.42. The van der Waals surface area contributed by atoms with Crippen molar-refractivity contribution in [2.45, 2.75) is 25.3 Å². The second-order valence-corrected chi connectivity index (χ2v) is 4.18. The van der Waals surface area contributed by atoms with Crippen LogP contribution < -0.4 is 5.32 Å². The Bertz CT molecular complexity index is 429. The summed E-state index contributed by atoms with van der Waals surface area (Å²) in [4.78, 5) is 14.1. The Labute approximate surface area is 92.5 Å². The van der Waals surface area contributed by atoms with Gasteiger partial charge in [-0.2, -0.15) is 0 Å². The maximum absolute atomic E-state index is 10.6. The fourth-order valence-electron chi connectivity index (χ4n) is 1.55. The Morgan fingerprint density at radius 2 is 2.38 bits per heavy atom. The van der Waals surface area contributed by atoms with Crippen molar-refractivity contribution in [3.63, 3.8) is 0 Å². The van der Waals surface area contributed by atoms with Crippen molar-refractivity contribution in [1.82, 2.24) is 4.98 Å². The molecular weight excluding hydrogens is 210 g/mol. The highest BCUT2D eigenvalue weighted by atomic mass is 16.6. The van der Waals surface area contributed by atoms with E-state index in [0.29, 0.717) is 11.4 Å². The van der Waals surface area contributed by atoms with Gasteiger partial charge in [0.25, 0.3) is 5.69 Å². The van der Waals surface area contributed by atoms with E-state index in [0.717, 1.165) is 12.8 Å². The maximum atomic E-state index is 10.6. The molecule has 0 saturated heterocycles. The Morgan fingerprint density at radius 1 is 1.69 bits per heavy atom. The molecule has 86 valence electrons. The Balaban J connectivity index is 2.18. The fourth-order valence-corrected chi connectivity index (χ4v) is 1.55. The van der Waals surface area contributed by atoms with Crippen LogP contribution in [0.5, 0.6) is 0 Å². The van der Waals surface area contributed by atoms with E-state index in [-0.39, 0.29) is 17.8 Å². The summed E-state index contributed by atoms with van der Waals surface area (Å²) in [5, 5.41) is 22.8. The van der Waals surface area contributed by atoms with Crippen LogP contribution in [0.4, 0.5) is 11.5 Å². The predicted molar refractivity (Wildman–Crippen MR) is 58.3 cm³/mol. The zero-order chi connectivity index (χ0) is 11.8. The summed E-state index contributed by atoms with van der Waals surface area (Å²) >= 11 is 0. The molecule has 0 amide bonds. The largest absolute Gasteiger partial charge is 0.394 e. The average Bonchev–Trinajstić information content (AvgIpc) is 2.98. The molecule has 0 aliphatic heterocycles. The van der Waals surface area contributed by atoms with Crippen molar-refractivity contribution in [3.05, 3.63) is 27.9 Å². The molecule has 0 aromatic carbocycles. The van der Waals surface area contributed by atoms with E-state index in [9.17, 15) is 10.1 Å². The van der Waals surface area contributed by atoms with Gasteiger partial charge in [-0.1, -0.05) is 0 Å². The molecule has 2 rings (SSSR count). The van der Waals surface area contributed by atoms with E-state index in [4.69, 9.17) is 5.11 Å². The standard InChI is InChI=1S/C10H13N3O3/c1-7-4-9(11-5-8(7)13(15)16)12-10(6-14)2-3-10/h4-5,14H,2-3,6H2,1H3,(H,11,12). The average molecular weight is 223 g/mol. The molecule has 0 unspecified atom stereocenters. The van der Waals surface area contributed by atoms with E-state index in [1.54, 1.807) is 13.0 Å². The van der Waals surface area contributed by atoms with Gasteiger partial charge in [0.15, 0.2) is 0 Å². The minimum Gasteiger partial charge on any atom is -0.394 e. The zero-order valence-corrected chi connectivity index (χ0v) is 8.93. The van der Waals surface area contributed by atoms with Gasteiger partial charge in [-0.25, -0.2) is 4.98 Å². The third-order valence-corrected chi connectivity index (χ3v) is 2.83. The number of aliphatic hydroxyl groups excluding tert-OH is 1.